The van der Waals surface area contributed by atoms with Crippen molar-refractivity contribution in [2.24, 2.45) is 0 Å². The Hall–Kier alpha value is -2.28. The van der Waals surface area contributed by atoms with Crippen LogP contribution in [0.4, 0.5) is 0 Å². The lowest BCUT2D eigenvalue weighted by molar-refractivity contribution is -0.121. The quantitative estimate of drug-likeness (QED) is 0.739. The third kappa shape index (κ3) is 4.61. The van der Waals surface area contributed by atoms with Crippen LogP contribution in [-0.2, 0) is 17.8 Å². The van der Waals surface area contributed by atoms with Crippen LogP contribution in [-0.4, -0.2) is 31.2 Å². The van der Waals surface area contributed by atoms with E-state index < -0.39 is 0 Å². The molecule has 0 aliphatic rings. The lowest BCUT2D eigenvalue weighted by atomic mass is 10.1. The van der Waals surface area contributed by atoms with Gasteiger partial charge >= 0.3 is 4.87 Å². The Morgan fingerprint density at radius 1 is 1.25 bits per heavy atom. The molecule has 0 fully saturated rings. The second-order valence-corrected chi connectivity index (χ2v) is 6.19. The van der Waals surface area contributed by atoms with Gasteiger partial charge in [-0.1, -0.05) is 17.4 Å². The van der Waals surface area contributed by atoms with Crippen LogP contribution in [0.15, 0.2) is 28.4 Å². The Balaban J connectivity index is 1.78. The molecular weight excluding hydrogens is 328 g/mol. The van der Waals surface area contributed by atoms with E-state index in [1.165, 1.54) is 4.57 Å². The molecule has 130 valence electrons. The fraction of sp³-hybridized carbons (Fsp3) is 0.412. The first-order valence-electron chi connectivity index (χ1n) is 7.67. The van der Waals surface area contributed by atoms with Crippen LogP contribution in [0.25, 0.3) is 0 Å². The summed E-state index contributed by atoms with van der Waals surface area (Å²) in [5.41, 5.74) is 1.93. The van der Waals surface area contributed by atoms with E-state index in [0.29, 0.717) is 18.0 Å². The smallest absolute Gasteiger partial charge is 0.307 e. The topological polar surface area (TPSA) is 69.6 Å². The molecule has 0 radical (unpaired) electrons. The van der Waals surface area contributed by atoms with Gasteiger partial charge in [0.15, 0.2) is 11.5 Å². The van der Waals surface area contributed by atoms with Gasteiger partial charge in [0.1, 0.15) is 6.54 Å². The van der Waals surface area contributed by atoms with E-state index in [2.05, 4.69) is 5.32 Å². The van der Waals surface area contributed by atoms with Crippen LogP contribution in [0, 0.1) is 6.92 Å². The third-order valence-corrected chi connectivity index (χ3v) is 4.57. The van der Waals surface area contributed by atoms with E-state index in [1.54, 1.807) is 19.6 Å². The van der Waals surface area contributed by atoms with Crippen LogP contribution in [0.5, 0.6) is 11.5 Å². The van der Waals surface area contributed by atoms with Crippen molar-refractivity contribution in [3.63, 3.8) is 0 Å². The van der Waals surface area contributed by atoms with Crippen molar-refractivity contribution in [1.82, 2.24) is 9.88 Å². The Bertz CT molecular complexity index is 751. The van der Waals surface area contributed by atoms with E-state index in [0.717, 1.165) is 35.4 Å². The number of rotatable bonds is 8. The molecule has 1 aromatic carbocycles. The number of carbonyl (C=O) groups excluding carboxylic acids is 1. The Morgan fingerprint density at radius 3 is 2.62 bits per heavy atom. The molecule has 1 heterocycles. The second kappa shape index (κ2) is 8.54. The molecule has 0 atom stereocenters. The number of amides is 1. The molecule has 6 nitrogen and oxygen atoms in total. The number of aromatic nitrogens is 1. The summed E-state index contributed by atoms with van der Waals surface area (Å²) in [6, 6.07) is 5.80. The van der Waals surface area contributed by atoms with E-state index in [4.69, 9.17) is 9.47 Å². The van der Waals surface area contributed by atoms with Gasteiger partial charge in [-0.15, -0.1) is 0 Å². The monoisotopic (exact) mass is 350 g/mol. The van der Waals surface area contributed by atoms with Crippen molar-refractivity contribution in [1.29, 1.82) is 0 Å². The SMILES string of the molecule is COc1ccc(CCCNC(=O)Cn2c(C)csc2=O)cc1OC. The molecular formula is C17H22N2O4S. The van der Waals surface area contributed by atoms with Gasteiger partial charge < -0.3 is 14.8 Å². The summed E-state index contributed by atoms with van der Waals surface area (Å²) >= 11 is 1.11. The maximum atomic E-state index is 11.9. The summed E-state index contributed by atoms with van der Waals surface area (Å²) in [7, 11) is 3.21. The minimum atomic E-state index is -0.147. The van der Waals surface area contributed by atoms with Gasteiger partial charge in [-0.3, -0.25) is 14.2 Å². The third-order valence-electron chi connectivity index (χ3n) is 3.69. The number of nitrogens with zero attached hydrogens (tertiary/aromatic N) is 1. The molecule has 2 rings (SSSR count). The minimum absolute atomic E-state index is 0.0739. The van der Waals surface area contributed by atoms with Gasteiger partial charge in [-0.2, -0.15) is 0 Å². The standard InChI is InChI=1S/C17H22N2O4S/c1-12-11-24-17(21)19(12)10-16(20)18-8-4-5-13-6-7-14(22-2)15(9-13)23-3/h6-7,9,11H,4-5,8,10H2,1-3H3,(H,18,20). The average molecular weight is 350 g/mol. The van der Waals surface area contributed by atoms with Crippen molar-refractivity contribution >= 4 is 17.2 Å². The number of aryl methyl sites for hydroxylation is 2. The van der Waals surface area contributed by atoms with Crippen LogP contribution in [0.2, 0.25) is 0 Å². The highest BCUT2D eigenvalue weighted by Crippen LogP contribution is 2.27. The van der Waals surface area contributed by atoms with E-state index in [-0.39, 0.29) is 17.3 Å². The molecule has 1 amide bonds. The van der Waals surface area contributed by atoms with E-state index in [1.807, 2.05) is 25.1 Å². The summed E-state index contributed by atoms with van der Waals surface area (Å²) in [5.74, 6) is 1.25. The second-order valence-electron chi connectivity index (χ2n) is 5.37. The zero-order valence-corrected chi connectivity index (χ0v) is 14.9. The first-order chi connectivity index (χ1) is 11.5. The Kier molecular flexibility index (Phi) is 6.43. The molecule has 7 heteroatoms. The number of carbonyl (C=O) groups is 1. The van der Waals surface area contributed by atoms with Crippen molar-refractivity contribution in [2.75, 3.05) is 20.8 Å². The van der Waals surface area contributed by atoms with Crippen LogP contribution in [0.1, 0.15) is 17.7 Å². The number of hydrogen-bond donors (Lipinski definition) is 1. The molecule has 0 saturated heterocycles. The lowest BCUT2D eigenvalue weighted by Crippen LogP contribution is -2.31. The fourth-order valence-corrected chi connectivity index (χ4v) is 3.09. The highest BCUT2D eigenvalue weighted by molar-refractivity contribution is 7.07. The summed E-state index contributed by atoms with van der Waals surface area (Å²) in [6.07, 6.45) is 1.62. The molecule has 0 aliphatic carbocycles. The number of ether oxygens (including phenoxy) is 2. The van der Waals surface area contributed by atoms with E-state index >= 15 is 0 Å². The normalized spacial score (nSPS) is 10.5. The molecule has 1 aromatic heterocycles. The predicted octanol–water partition coefficient (Wildman–Crippen LogP) is 1.98. The largest absolute Gasteiger partial charge is 0.493 e. The molecule has 0 spiro atoms. The summed E-state index contributed by atoms with van der Waals surface area (Å²) in [4.78, 5) is 23.4. The number of thiazole rings is 1. The minimum Gasteiger partial charge on any atom is -0.493 e. The van der Waals surface area contributed by atoms with Crippen LogP contribution in [0.3, 0.4) is 0 Å². The molecule has 1 N–H and O–H groups in total. The van der Waals surface area contributed by atoms with E-state index in [9.17, 15) is 9.59 Å². The number of hydrogen-bond acceptors (Lipinski definition) is 5. The van der Waals surface area contributed by atoms with Gasteiger partial charge in [0.2, 0.25) is 5.91 Å². The first-order valence-corrected chi connectivity index (χ1v) is 8.55. The molecule has 2 aromatic rings. The zero-order valence-electron chi connectivity index (χ0n) is 14.1. The van der Waals surface area contributed by atoms with Crippen molar-refractivity contribution in [3.8, 4) is 11.5 Å². The Labute approximate surface area is 145 Å². The van der Waals surface area contributed by atoms with Gasteiger partial charge in [0, 0.05) is 17.6 Å². The van der Waals surface area contributed by atoms with Crippen molar-refractivity contribution in [3.05, 3.63) is 44.5 Å². The molecule has 0 unspecified atom stereocenters. The molecule has 0 aliphatic heterocycles. The summed E-state index contributed by atoms with van der Waals surface area (Å²) < 4.78 is 12.0. The average Bonchev–Trinajstić information content (AvgIpc) is 2.90. The predicted molar refractivity (Wildman–Crippen MR) is 94.2 cm³/mol. The number of benzene rings is 1. The first kappa shape index (κ1) is 18.1. The maximum Gasteiger partial charge on any atom is 0.307 e. The molecule has 0 saturated carbocycles. The lowest BCUT2D eigenvalue weighted by Gasteiger charge is -2.10. The highest BCUT2D eigenvalue weighted by Gasteiger charge is 2.08. The Morgan fingerprint density at radius 2 is 2.00 bits per heavy atom. The van der Waals surface area contributed by atoms with Crippen LogP contribution < -0.4 is 19.7 Å². The van der Waals surface area contributed by atoms with Gasteiger partial charge in [0.05, 0.1) is 14.2 Å². The van der Waals surface area contributed by atoms with Crippen molar-refractivity contribution in [2.45, 2.75) is 26.3 Å². The summed E-state index contributed by atoms with van der Waals surface area (Å²) in [5, 5.41) is 4.60. The van der Waals surface area contributed by atoms with Gasteiger partial charge in [-0.25, -0.2) is 0 Å². The highest BCUT2D eigenvalue weighted by atomic mass is 32.1. The van der Waals surface area contributed by atoms with Gasteiger partial charge in [0.25, 0.3) is 0 Å². The van der Waals surface area contributed by atoms with Crippen LogP contribution >= 0.6 is 11.3 Å². The number of nitrogens with one attached hydrogen (secondary N) is 1. The summed E-state index contributed by atoms with van der Waals surface area (Å²) in [6.45, 7) is 2.46. The van der Waals surface area contributed by atoms with Crippen molar-refractivity contribution < 1.29 is 14.3 Å². The van der Waals surface area contributed by atoms with Gasteiger partial charge in [-0.05, 0) is 37.5 Å². The molecule has 0 bridgehead atoms. The fourth-order valence-electron chi connectivity index (χ4n) is 2.35. The zero-order chi connectivity index (χ0) is 17.5. The maximum absolute atomic E-state index is 11.9. The molecule has 24 heavy (non-hydrogen) atoms. The number of methoxy groups -OCH3 is 2.